The lowest BCUT2D eigenvalue weighted by molar-refractivity contribution is -0.257. The van der Waals surface area contributed by atoms with E-state index in [2.05, 4.69) is 62.3 Å². The van der Waals surface area contributed by atoms with Crippen molar-refractivity contribution in [2.45, 2.75) is 219 Å². The number of ketones is 1. The largest absolute Gasteiger partial charge is 0.393 e. The molecule has 13 rings (SSSR count). The van der Waals surface area contributed by atoms with Crippen molar-refractivity contribution in [1.29, 1.82) is 0 Å². The molecule has 3 spiro atoms. The molecular weight excluding hydrogens is 789 g/mol. The number of ether oxygens (including phenoxy) is 4. The Morgan fingerprint density at radius 1 is 0.603 bits per heavy atom. The number of aromatic nitrogens is 2. The average Bonchev–Trinajstić information content (AvgIpc) is 4.02. The summed E-state index contributed by atoms with van der Waals surface area (Å²) in [6.45, 7) is 22.8. The summed E-state index contributed by atoms with van der Waals surface area (Å²) in [5.74, 6) is 2.51. The number of hydrogen-bond donors (Lipinski definition) is 2. The molecule has 0 bridgehead atoms. The maximum absolute atomic E-state index is 14.8. The van der Waals surface area contributed by atoms with Gasteiger partial charge in [-0.25, -0.2) is 0 Å². The lowest BCUT2D eigenvalue weighted by Gasteiger charge is -2.62. The van der Waals surface area contributed by atoms with Gasteiger partial charge in [0.2, 0.25) is 0 Å². The number of carbonyl (C=O) groups excluding carboxylic acids is 1. The number of carbonyl (C=O) groups is 1. The van der Waals surface area contributed by atoms with Crippen LogP contribution in [0.4, 0.5) is 0 Å². The molecule has 12 aliphatic rings. The molecular formula is C54H78N2O7. The van der Waals surface area contributed by atoms with Crippen LogP contribution in [0.25, 0.3) is 0 Å². The molecule has 0 amide bonds. The van der Waals surface area contributed by atoms with Crippen LogP contribution in [-0.2, 0) is 49.4 Å². The lowest BCUT2D eigenvalue weighted by Crippen LogP contribution is -2.59. The van der Waals surface area contributed by atoms with Crippen molar-refractivity contribution in [3.63, 3.8) is 0 Å². The van der Waals surface area contributed by atoms with Gasteiger partial charge in [-0.2, -0.15) is 0 Å². The Hall–Kier alpha value is -1.49. The Labute approximate surface area is 376 Å². The molecule has 10 fully saturated rings. The van der Waals surface area contributed by atoms with E-state index in [0.29, 0.717) is 48.3 Å². The van der Waals surface area contributed by atoms with E-state index in [1.807, 2.05) is 6.92 Å². The first-order valence-electron chi connectivity index (χ1n) is 26.1. The molecule has 6 saturated carbocycles. The number of aliphatic hydroxyl groups excluding tert-OH is 1. The minimum Gasteiger partial charge on any atom is -0.393 e. The zero-order valence-electron chi connectivity index (χ0n) is 40.2. The van der Waals surface area contributed by atoms with Crippen molar-refractivity contribution in [2.75, 3.05) is 0 Å². The Kier molecular flexibility index (Phi) is 8.20. The third-order valence-corrected chi connectivity index (χ3v) is 23.8. The third-order valence-electron chi connectivity index (χ3n) is 23.8. The molecule has 4 saturated heterocycles. The van der Waals surface area contributed by atoms with Crippen LogP contribution in [0.2, 0.25) is 0 Å². The molecule has 2 N–H and O–H groups in total. The Balaban J connectivity index is 0.755. The van der Waals surface area contributed by atoms with Gasteiger partial charge in [-0.1, -0.05) is 34.6 Å². The van der Waals surface area contributed by atoms with Gasteiger partial charge in [0.05, 0.1) is 63.3 Å². The summed E-state index contributed by atoms with van der Waals surface area (Å²) in [6, 6.07) is 0. The van der Waals surface area contributed by atoms with E-state index in [9.17, 15) is 15.0 Å². The van der Waals surface area contributed by atoms with E-state index in [-0.39, 0.29) is 81.1 Å². The fraction of sp³-hybridized carbons (Fsp3) is 0.907. The maximum atomic E-state index is 14.8. The molecule has 0 aromatic carbocycles. The molecule has 5 heterocycles. The first-order chi connectivity index (χ1) is 29.5. The molecule has 0 radical (unpaired) electrons. The van der Waals surface area contributed by atoms with Crippen LogP contribution in [0, 0.1) is 86.8 Å². The standard InChI is InChI=1S/C54H78N2O7/c1-27-44-40(60-53(27)17-15-46(3,4)62-53)21-34-31-13-11-29-19-36-38(24-48(29,7)33(31)22-42(57)50(34,44)9)55-37-20-30-12-14-32-35(49(30,8)25-39(37)56-36)23-43(58)52(32)26-41-45(51(52,10)59)28(2)54(61-41)18-16-47(5,6)63-54/h27-35,40-42,44-45,57,59H,11-26H2,1-10H3/t27-,28-,29-,30-,31+,32+,33-,34+,35+,40-,41-,42+,44-,45-,48-,49-,50+,51-,52-,53+,54+/m0/s1. The van der Waals surface area contributed by atoms with Crippen LogP contribution in [0.3, 0.4) is 0 Å². The highest BCUT2D eigenvalue weighted by atomic mass is 16.7. The number of Topliss-reactive ketones (excluding diaryl/α,β-unsaturated/α-hetero) is 1. The van der Waals surface area contributed by atoms with Gasteiger partial charge in [0.15, 0.2) is 11.6 Å². The summed E-state index contributed by atoms with van der Waals surface area (Å²) in [5.41, 5.74) is 2.37. The number of nitrogens with zero attached hydrogens (tertiary/aromatic N) is 2. The summed E-state index contributed by atoms with van der Waals surface area (Å²) >= 11 is 0. The summed E-state index contributed by atoms with van der Waals surface area (Å²) in [6.07, 6.45) is 14.8. The SMILES string of the molecule is C[C@H]1[C@H]2[C@H](C[C@@H]3[C@@H]4CC[C@H]5Cc6nc7c(nc6C[C@]5(C)[C@H]4C[C@@H](O)[C@]23C)C[C@@H]2CC[C@@H]3[C@@H](CC(=O)[C@]34C[C@@H]3O[C@@]5(CCC(C)(C)O5)[C@@H](C)[C@@H]3[C@]4(C)O)[C@@]2(C)C7)O[C@@]12CCC(C)(C)O2. The van der Waals surface area contributed by atoms with Crippen LogP contribution in [0.15, 0.2) is 0 Å². The topological polar surface area (TPSA) is 120 Å². The monoisotopic (exact) mass is 867 g/mol. The van der Waals surface area contributed by atoms with Crippen LogP contribution in [0.1, 0.15) is 169 Å². The van der Waals surface area contributed by atoms with Crippen molar-refractivity contribution in [3.05, 3.63) is 22.8 Å². The zero-order valence-corrected chi connectivity index (χ0v) is 40.2. The fourth-order valence-electron chi connectivity index (χ4n) is 20.7. The van der Waals surface area contributed by atoms with Gasteiger partial charge in [0.1, 0.15) is 5.78 Å². The highest BCUT2D eigenvalue weighted by molar-refractivity contribution is 5.90. The molecule has 9 nitrogen and oxygen atoms in total. The Morgan fingerprint density at radius 3 is 1.73 bits per heavy atom. The quantitative estimate of drug-likeness (QED) is 0.264. The second-order valence-electron chi connectivity index (χ2n) is 27.0. The van der Waals surface area contributed by atoms with E-state index in [0.717, 1.165) is 77.0 Å². The van der Waals surface area contributed by atoms with Gasteiger partial charge >= 0.3 is 0 Å². The highest BCUT2D eigenvalue weighted by Gasteiger charge is 2.79. The Morgan fingerprint density at radius 2 is 1.16 bits per heavy atom. The summed E-state index contributed by atoms with van der Waals surface area (Å²) < 4.78 is 27.4. The second-order valence-corrected chi connectivity index (χ2v) is 27.0. The predicted octanol–water partition coefficient (Wildman–Crippen LogP) is 8.75. The van der Waals surface area contributed by atoms with E-state index >= 15 is 0 Å². The average molecular weight is 867 g/mol. The molecule has 1 aromatic rings. The summed E-state index contributed by atoms with van der Waals surface area (Å²) in [5, 5.41) is 25.4. The number of rotatable bonds is 0. The van der Waals surface area contributed by atoms with E-state index in [1.54, 1.807) is 0 Å². The van der Waals surface area contributed by atoms with Gasteiger partial charge in [-0.3, -0.25) is 14.8 Å². The number of hydrogen-bond acceptors (Lipinski definition) is 9. The van der Waals surface area contributed by atoms with Crippen LogP contribution < -0.4 is 0 Å². The van der Waals surface area contributed by atoms with Gasteiger partial charge in [0, 0.05) is 48.3 Å². The molecule has 63 heavy (non-hydrogen) atoms. The normalized spacial score (nSPS) is 58.6. The first-order valence-corrected chi connectivity index (χ1v) is 26.1. The van der Waals surface area contributed by atoms with E-state index < -0.39 is 22.6 Å². The predicted molar refractivity (Wildman–Crippen MR) is 236 cm³/mol. The summed E-state index contributed by atoms with van der Waals surface area (Å²) in [4.78, 5) is 26.1. The van der Waals surface area contributed by atoms with E-state index in [1.165, 1.54) is 35.6 Å². The van der Waals surface area contributed by atoms with E-state index in [4.69, 9.17) is 28.9 Å². The minimum atomic E-state index is -1.14. The molecule has 1 aromatic heterocycles. The molecule has 9 heteroatoms. The van der Waals surface area contributed by atoms with Crippen LogP contribution >= 0.6 is 0 Å². The lowest BCUT2D eigenvalue weighted by atomic mass is 9.44. The maximum Gasteiger partial charge on any atom is 0.172 e. The molecule has 8 aliphatic carbocycles. The van der Waals surface area contributed by atoms with Crippen molar-refractivity contribution < 1.29 is 34.0 Å². The molecule has 21 atom stereocenters. The Bertz CT molecular complexity index is 2170. The van der Waals surface area contributed by atoms with Gasteiger partial charge in [-0.15, -0.1) is 0 Å². The smallest absolute Gasteiger partial charge is 0.172 e. The van der Waals surface area contributed by atoms with Gasteiger partial charge < -0.3 is 29.2 Å². The van der Waals surface area contributed by atoms with Crippen molar-refractivity contribution in [2.24, 2.45) is 86.8 Å². The highest BCUT2D eigenvalue weighted by Crippen LogP contribution is 2.74. The first kappa shape index (κ1) is 41.7. The van der Waals surface area contributed by atoms with Crippen molar-refractivity contribution in [3.8, 4) is 0 Å². The van der Waals surface area contributed by atoms with Crippen LogP contribution in [-0.4, -0.2) is 72.7 Å². The van der Waals surface area contributed by atoms with Crippen LogP contribution in [0.5, 0.6) is 0 Å². The minimum absolute atomic E-state index is 0.0225. The molecule has 0 unspecified atom stereocenters. The number of fused-ring (bicyclic) bond motifs is 14. The summed E-state index contributed by atoms with van der Waals surface area (Å²) in [7, 11) is 0. The molecule has 4 aliphatic heterocycles. The molecule has 346 valence electrons. The second kappa shape index (κ2) is 12.4. The van der Waals surface area contributed by atoms with Gasteiger partial charge in [-0.05, 0) is 170 Å². The van der Waals surface area contributed by atoms with Gasteiger partial charge in [0.25, 0.3) is 0 Å². The van der Waals surface area contributed by atoms with Crippen molar-refractivity contribution >= 4 is 5.78 Å². The zero-order chi connectivity index (χ0) is 44.0. The number of aliphatic hydroxyl groups is 2. The third kappa shape index (κ3) is 4.95. The fourth-order valence-corrected chi connectivity index (χ4v) is 20.7. The van der Waals surface area contributed by atoms with Crippen molar-refractivity contribution in [1.82, 2.24) is 9.97 Å².